The molecule has 1 unspecified atom stereocenters. The second kappa shape index (κ2) is 7.68. The lowest BCUT2D eigenvalue weighted by Crippen LogP contribution is -2.40. The van der Waals surface area contributed by atoms with Crippen LogP contribution in [0.15, 0.2) is 0 Å². The number of nitrogens with one attached hydrogen (secondary N) is 1. The molecule has 0 aromatic rings. The minimum absolute atomic E-state index is 0.0860. The molecule has 104 valence electrons. The molecule has 1 atom stereocenters. The standard InChI is InChI=1S/C12H22N2O4/c1-8(2)13-10(15)6-5-7-11(16)14(4)9(3)12(17)18/h8-9H,5-7H2,1-4H3,(H,13,15)(H,17,18). The second-order valence-corrected chi connectivity index (χ2v) is 4.59. The van der Waals surface area contributed by atoms with Gasteiger partial charge in [0.05, 0.1) is 0 Å². The first-order valence-corrected chi connectivity index (χ1v) is 6.03. The summed E-state index contributed by atoms with van der Waals surface area (Å²) in [5.74, 6) is -1.39. The SMILES string of the molecule is CC(C)NC(=O)CCCC(=O)N(C)C(C)C(=O)O. The van der Waals surface area contributed by atoms with E-state index in [0.717, 1.165) is 0 Å². The van der Waals surface area contributed by atoms with Gasteiger partial charge in [0.15, 0.2) is 0 Å². The van der Waals surface area contributed by atoms with E-state index >= 15 is 0 Å². The van der Waals surface area contributed by atoms with Crippen LogP contribution in [0, 0.1) is 0 Å². The van der Waals surface area contributed by atoms with Crippen LogP contribution in [0.2, 0.25) is 0 Å². The minimum Gasteiger partial charge on any atom is -0.480 e. The minimum atomic E-state index is -1.04. The summed E-state index contributed by atoms with van der Waals surface area (Å²) in [4.78, 5) is 34.8. The molecule has 0 fully saturated rings. The van der Waals surface area contributed by atoms with Gasteiger partial charge in [-0.25, -0.2) is 4.79 Å². The quantitative estimate of drug-likeness (QED) is 0.700. The van der Waals surface area contributed by atoms with Gasteiger partial charge in [0.2, 0.25) is 11.8 Å². The third-order valence-corrected chi connectivity index (χ3v) is 2.58. The van der Waals surface area contributed by atoms with Gasteiger partial charge in [-0.15, -0.1) is 0 Å². The molecule has 6 nitrogen and oxygen atoms in total. The molecule has 0 aliphatic carbocycles. The zero-order valence-electron chi connectivity index (χ0n) is 11.4. The molecular weight excluding hydrogens is 236 g/mol. The van der Waals surface area contributed by atoms with Crippen LogP contribution in [0.4, 0.5) is 0 Å². The van der Waals surface area contributed by atoms with Gasteiger partial charge in [0, 0.05) is 25.9 Å². The fourth-order valence-corrected chi connectivity index (χ4v) is 1.35. The summed E-state index contributed by atoms with van der Waals surface area (Å²) in [6.07, 6.45) is 0.882. The zero-order valence-corrected chi connectivity index (χ0v) is 11.4. The maximum Gasteiger partial charge on any atom is 0.326 e. The average Bonchev–Trinajstić information content (AvgIpc) is 2.25. The number of carboxylic acids is 1. The molecule has 0 heterocycles. The van der Waals surface area contributed by atoms with Gasteiger partial charge >= 0.3 is 5.97 Å². The predicted molar refractivity (Wildman–Crippen MR) is 67.0 cm³/mol. The second-order valence-electron chi connectivity index (χ2n) is 4.59. The lowest BCUT2D eigenvalue weighted by molar-refractivity contribution is -0.148. The van der Waals surface area contributed by atoms with Crippen LogP contribution in [0.3, 0.4) is 0 Å². The van der Waals surface area contributed by atoms with Crippen molar-refractivity contribution in [3.63, 3.8) is 0 Å². The molecule has 0 saturated carbocycles. The monoisotopic (exact) mass is 258 g/mol. The Morgan fingerprint density at radius 2 is 1.72 bits per heavy atom. The van der Waals surface area contributed by atoms with Crippen molar-refractivity contribution in [2.75, 3.05) is 7.05 Å². The van der Waals surface area contributed by atoms with Gasteiger partial charge in [0.1, 0.15) is 6.04 Å². The molecule has 0 aliphatic heterocycles. The van der Waals surface area contributed by atoms with Crippen LogP contribution in [-0.4, -0.2) is 46.9 Å². The van der Waals surface area contributed by atoms with Crippen molar-refractivity contribution in [1.29, 1.82) is 0 Å². The van der Waals surface area contributed by atoms with E-state index < -0.39 is 12.0 Å². The van der Waals surface area contributed by atoms with Gasteiger partial charge < -0.3 is 15.3 Å². The Morgan fingerprint density at radius 1 is 1.17 bits per heavy atom. The summed E-state index contributed by atoms with van der Waals surface area (Å²) in [7, 11) is 1.45. The van der Waals surface area contributed by atoms with Crippen LogP contribution < -0.4 is 5.32 Å². The van der Waals surface area contributed by atoms with Crippen molar-refractivity contribution in [2.45, 2.75) is 52.1 Å². The van der Waals surface area contributed by atoms with Gasteiger partial charge in [-0.05, 0) is 27.2 Å². The number of hydrogen-bond acceptors (Lipinski definition) is 3. The number of carboxylic acid groups (broad SMARTS) is 1. The molecule has 2 amide bonds. The normalized spacial score (nSPS) is 12.1. The van der Waals surface area contributed by atoms with E-state index in [1.807, 2.05) is 13.8 Å². The van der Waals surface area contributed by atoms with E-state index in [9.17, 15) is 14.4 Å². The first-order valence-electron chi connectivity index (χ1n) is 6.03. The zero-order chi connectivity index (χ0) is 14.3. The highest BCUT2D eigenvalue weighted by Crippen LogP contribution is 2.04. The lowest BCUT2D eigenvalue weighted by Gasteiger charge is -2.21. The van der Waals surface area contributed by atoms with Crippen LogP contribution in [0.1, 0.15) is 40.0 Å². The molecule has 6 heteroatoms. The number of amides is 2. The van der Waals surface area contributed by atoms with Crippen molar-refractivity contribution in [3.05, 3.63) is 0 Å². The van der Waals surface area contributed by atoms with Crippen molar-refractivity contribution in [3.8, 4) is 0 Å². The molecular formula is C12H22N2O4. The molecule has 2 N–H and O–H groups in total. The molecule has 0 rings (SSSR count). The number of nitrogens with zero attached hydrogens (tertiary/aromatic N) is 1. The van der Waals surface area contributed by atoms with Crippen molar-refractivity contribution in [2.24, 2.45) is 0 Å². The maximum atomic E-state index is 11.6. The highest BCUT2D eigenvalue weighted by molar-refractivity contribution is 5.83. The van der Waals surface area contributed by atoms with Gasteiger partial charge in [-0.1, -0.05) is 0 Å². The van der Waals surface area contributed by atoms with Gasteiger partial charge in [0.25, 0.3) is 0 Å². The fraction of sp³-hybridized carbons (Fsp3) is 0.750. The summed E-state index contributed by atoms with van der Waals surface area (Å²) in [5, 5.41) is 11.5. The lowest BCUT2D eigenvalue weighted by atomic mass is 10.2. The largest absolute Gasteiger partial charge is 0.480 e. The first-order chi connectivity index (χ1) is 8.25. The van der Waals surface area contributed by atoms with Crippen LogP contribution in [0.25, 0.3) is 0 Å². The number of aliphatic carboxylic acids is 1. The average molecular weight is 258 g/mol. The predicted octanol–water partition coefficient (Wildman–Crippen LogP) is 0.613. The maximum absolute atomic E-state index is 11.6. The molecule has 0 bridgehead atoms. The van der Waals surface area contributed by atoms with E-state index in [4.69, 9.17) is 5.11 Å². The third-order valence-electron chi connectivity index (χ3n) is 2.58. The Balaban J connectivity index is 3.97. The number of carbonyl (C=O) groups excluding carboxylic acids is 2. The van der Waals surface area contributed by atoms with Crippen molar-refractivity contribution < 1.29 is 19.5 Å². The Bertz CT molecular complexity index is 315. The topological polar surface area (TPSA) is 86.7 Å². The molecule has 0 spiro atoms. The molecule has 0 radical (unpaired) electrons. The summed E-state index contributed by atoms with van der Waals surface area (Å²) in [6, 6.07) is -0.759. The summed E-state index contributed by atoms with van der Waals surface area (Å²) in [6.45, 7) is 5.18. The number of carbonyl (C=O) groups is 3. The van der Waals surface area contributed by atoms with E-state index in [1.165, 1.54) is 18.9 Å². The smallest absolute Gasteiger partial charge is 0.326 e. The number of rotatable bonds is 7. The fourth-order valence-electron chi connectivity index (χ4n) is 1.35. The molecule has 0 aliphatic rings. The molecule has 18 heavy (non-hydrogen) atoms. The molecule has 0 aromatic heterocycles. The van der Waals surface area contributed by atoms with E-state index in [1.54, 1.807) is 0 Å². The van der Waals surface area contributed by atoms with Crippen LogP contribution >= 0.6 is 0 Å². The Kier molecular flexibility index (Phi) is 7.00. The summed E-state index contributed by atoms with van der Waals surface area (Å²) in [5.41, 5.74) is 0. The van der Waals surface area contributed by atoms with Crippen molar-refractivity contribution >= 4 is 17.8 Å². The van der Waals surface area contributed by atoms with Crippen molar-refractivity contribution in [1.82, 2.24) is 10.2 Å². The number of likely N-dealkylation sites (N-methyl/N-ethyl adjacent to an activating group) is 1. The van der Waals surface area contributed by atoms with E-state index in [-0.39, 0.29) is 30.7 Å². The molecule has 0 saturated heterocycles. The Morgan fingerprint density at radius 3 is 2.17 bits per heavy atom. The van der Waals surface area contributed by atoms with Crippen LogP contribution in [-0.2, 0) is 14.4 Å². The van der Waals surface area contributed by atoms with Gasteiger partial charge in [-0.3, -0.25) is 9.59 Å². The Labute approximate surface area is 107 Å². The van der Waals surface area contributed by atoms with Crippen LogP contribution in [0.5, 0.6) is 0 Å². The van der Waals surface area contributed by atoms with E-state index in [0.29, 0.717) is 6.42 Å². The third kappa shape index (κ3) is 6.22. The van der Waals surface area contributed by atoms with E-state index in [2.05, 4.69) is 5.32 Å². The summed E-state index contributed by atoms with van der Waals surface area (Å²) < 4.78 is 0. The first kappa shape index (κ1) is 16.4. The summed E-state index contributed by atoms with van der Waals surface area (Å²) >= 11 is 0. The van der Waals surface area contributed by atoms with Gasteiger partial charge in [-0.2, -0.15) is 0 Å². The highest BCUT2D eigenvalue weighted by atomic mass is 16.4. The molecule has 0 aromatic carbocycles. The number of hydrogen-bond donors (Lipinski definition) is 2. The highest BCUT2D eigenvalue weighted by Gasteiger charge is 2.21. The Hall–Kier alpha value is -1.59.